The molecule has 4 rings (SSSR count). The smallest absolute Gasteiger partial charge is 0.418 e. The zero-order valence-corrected chi connectivity index (χ0v) is 21.7. The van der Waals surface area contributed by atoms with Crippen LogP contribution >= 0.6 is 0 Å². The molecular weight excluding hydrogens is 511 g/mol. The Bertz CT molecular complexity index is 1330. The van der Waals surface area contributed by atoms with Crippen molar-refractivity contribution in [1.29, 1.82) is 0 Å². The van der Waals surface area contributed by atoms with Gasteiger partial charge in [0.25, 0.3) is 5.91 Å². The highest BCUT2D eigenvalue weighted by atomic mass is 19.4. The number of hydrogen-bond acceptors (Lipinski definition) is 5. The fourth-order valence-electron chi connectivity index (χ4n) is 4.94. The summed E-state index contributed by atoms with van der Waals surface area (Å²) in [4.78, 5) is 32.1. The normalized spacial score (nSPS) is 20.4. The Morgan fingerprint density at radius 1 is 1.23 bits per heavy atom. The predicted octanol–water partition coefficient (Wildman–Crippen LogP) is 5.70. The van der Waals surface area contributed by atoms with Crippen LogP contribution in [0.2, 0.25) is 0 Å². The van der Waals surface area contributed by atoms with Crippen molar-refractivity contribution in [2.24, 2.45) is 4.99 Å². The van der Waals surface area contributed by atoms with Gasteiger partial charge < -0.3 is 19.7 Å². The zero-order chi connectivity index (χ0) is 28.2. The standard InChI is InChI=1S/C29H30F3N3O4/c1-3-12-33-27(37)26-21(19-8-6-5-7-9-19)10-13-35(26)28(38)25-24(36)16-23(34-25)22(29(30,31)32)15-18(4-2)20-11-14-39-17-20/h4-9,11,14-15,17,21,26,36H,3,10,12-13,16H2,1-2H3,(H,33,37)/b18-4+,22-15+. The van der Waals surface area contributed by atoms with Crippen LogP contribution < -0.4 is 5.32 Å². The van der Waals surface area contributed by atoms with Gasteiger partial charge in [0, 0.05) is 24.6 Å². The number of alkyl halides is 3. The third-order valence-electron chi connectivity index (χ3n) is 6.84. The van der Waals surface area contributed by atoms with Gasteiger partial charge in [-0.05, 0) is 43.0 Å². The number of carbonyl (C=O) groups excluding carboxylic acids is 2. The first-order valence-corrected chi connectivity index (χ1v) is 12.8. The van der Waals surface area contributed by atoms with E-state index in [1.165, 1.54) is 29.6 Å². The van der Waals surface area contributed by atoms with Crippen molar-refractivity contribution >= 4 is 23.1 Å². The highest BCUT2D eigenvalue weighted by molar-refractivity contribution is 6.11. The van der Waals surface area contributed by atoms with Crippen LogP contribution in [-0.2, 0) is 9.59 Å². The van der Waals surface area contributed by atoms with Gasteiger partial charge in [0.2, 0.25) is 5.91 Å². The van der Waals surface area contributed by atoms with Crippen LogP contribution in [0.1, 0.15) is 50.2 Å². The van der Waals surface area contributed by atoms with Gasteiger partial charge in [-0.3, -0.25) is 9.59 Å². The third kappa shape index (κ3) is 6.00. The van der Waals surface area contributed by atoms with Crippen LogP contribution in [0, 0.1) is 0 Å². The van der Waals surface area contributed by atoms with E-state index in [-0.39, 0.29) is 23.9 Å². The van der Waals surface area contributed by atoms with Gasteiger partial charge in [-0.25, -0.2) is 4.99 Å². The molecule has 1 aromatic heterocycles. The van der Waals surface area contributed by atoms with Crippen LogP contribution in [0.3, 0.4) is 0 Å². The fourth-order valence-corrected chi connectivity index (χ4v) is 4.94. The predicted molar refractivity (Wildman–Crippen MR) is 141 cm³/mol. The Morgan fingerprint density at radius 2 is 1.97 bits per heavy atom. The number of furan rings is 1. The number of rotatable bonds is 8. The summed E-state index contributed by atoms with van der Waals surface area (Å²) in [7, 11) is 0. The second kappa shape index (κ2) is 11.8. The number of allylic oxidation sites excluding steroid dienone is 5. The lowest BCUT2D eigenvalue weighted by Gasteiger charge is -2.27. The number of likely N-dealkylation sites (tertiary alicyclic amines) is 1. The number of benzene rings is 1. The van der Waals surface area contributed by atoms with E-state index in [0.717, 1.165) is 11.6 Å². The van der Waals surface area contributed by atoms with Gasteiger partial charge in [-0.2, -0.15) is 13.2 Å². The molecule has 0 aliphatic carbocycles. The van der Waals surface area contributed by atoms with Crippen molar-refractivity contribution in [3.8, 4) is 0 Å². The van der Waals surface area contributed by atoms with Crippen molar-refractivity contribution in [1.82, 2.24) is 10.2 Å². The molecule has 1 aromatic carbocycles. The minimum Gasteiger partial charge on any atom is -0.509 e. The number of halogens is 3. The summed E-state index contributed by atoms with van der Waals surface area (Å²) in [6.45, 7) is 4.10. The zero-order valence-electron chi connectivity index (χ0n) is 21.7. The molecule has 2 N–H and O–H groups in total. The van der Waals surface area contributed by atoms with E-state index in [1.54, 1.807) is 6.92 Å². The minimum atomic E-state index is -4.80. The number of aliphatic imine (C=N–C) groups is 1. The molecule has 2 unspecified atom stereocenters. The number of carbonyl (C=O) groups is 2. The molecule has 2 aromatic rings. The van der Waals surface area contributed by atoms with Crippen molar-refractivity contribution < 1.29 is 32.3 Å². The largest absolute Gasteiger partial charge is 0.509 e. The Kier molecular flexibility index (Phi) is 8.42. The highest BCUT2D eigenvalue weighted by Crippen LogP contribution is 2.38. The first-order chi connectivity index (χ1) is 18.7. The Morgan fingerprint density at radius 3 is 2.59 bits per heavy atom. The Balaban J connectivity index is 1.66. The molecule has 39 heavy (non-hydrogen) atoms. The molecule has 0 spiro atoms. The summed E-state index contributed by atoms with van der Waals surface area (Å²) in [5, 5.41) is 13.5. The van der Waals surface area contributed by atoms with Crippen LogP contribution in [0.15, 0.2) is 87.5 Å². The van der Waals surface area contributed by atoms with Gasteiger partial charge >= 0.3 is 6.18 Å². The molecule has 7 nitrogen and oxygen atoms in total. The number of nitrogens with one attached hydrogen (secondary N) is 1. The lowest BCUT2D eigenvalue weighted by atomic mass is 9.91. The summed E-state index contributed by atoms with van der Waals surface area (Å²) in [5.74, 6) is -2.00. The third-order valence-corrected chi connectivity index (χ3v) is 6.84. The van der Waals surface area contributed by atoms with Crippen LogP contribution in [0.5, 0.6) is 0 Å². The second-order valence-electron chi connectivity index (χ2n) is 9.38. The molecule has 10 heteroatoms. The van der Waals surface area contributed by atoms with Crippen LogP contribution in [0.25, 0.3) is 5.57 Å². The molecule has 1 saturated heterocycles. The summed E-state index contributed by atoms with van der Waals surface area (Å²) >= 11 is 0. The van der Waals surface area contributed by atoms with Crippen molar-refractivity contribution in [3.63, 3.8) is 0 Å². The average Bonchev–Trinajstić information content (AvgIpc) is 3.67. The van der Waals surface area contributed by atoms with E-state index in [1.807, 2.05) is 37.3 Å². The molecule has 206 valence electrons. The van der Waals surface area contributed by atoms with Gasteiger partial charge in [0.1, 0.15) is 11.8 Å². The van der Waals surface area contributed by atoms with Crippen molar-refractivity contribution in [2.75, 3.05) is 13.1 Å². The van der Waals surface area contributed by atoms with E-state index in [4.69, 9.17) is 4.42 Å². The van der Waals surface area contributed by atoms with E-state index in [9.17, 15) is 27.9 Å². The highest BCUT2D eigenvalue weighted by Gasteiger charge is 2.45. The number of hydrogen-bond donors (Lipinski definition) is 2. The minimum absolute atomic E-state index is 0.190. The summed E-state index contributed by atoms with van der Waals surface area (Å²) in [6.07, 6.45) is 0.909. The molecule has 0 bridgehead atoms. The second-order valence-corrected chi connectivity index (χ2v) is 9.38. The summed E-state index contributed by atoms with van der Waals surface area (Å²) < 4.78 is 47.4. The summed E-state index contributed by atoms with van der Waals surface area (Å²) in [5.41, 5.74) is -0.470. The number of amides is 2. The van der Waals surface area contributed by atoms with Gasteiger partial charge in [0.15, 0.2) is 5.70 Å². The SMILES string of the molecule is C/C=C(\C=C(/C1=NC(C(=O)N2CCC(c3ccccc3)C2C(=O)NCCC)=C(O)C1)C(F)(F)F)c1ccoc1. The molecule has 2 aliphatic rings. The lowest BCUT2D eigenvalue weighted by Crippen LogP contribution is -2.48. The number of aliphatic hydroxyl groups is 1. The topological polar surface area (TPSA) is 95.1 Å². The van der Waals surface area contributed by atoms with E-state index in [0.29, 0.717) is 24.9 Å². The Hall–Kier alpha value is -4.08. The van der Waals surface area contributed by atoms with Crippen LogP contribution in [-0.4, -0.2) is 52.8 Å². The van der Waals surface area contributed by atoms with E-state index >= 15 is 0 Å². The quantitative estimate of drug-likeness (QED) is 0.420. The lowest BCUT2D eigenvalue weighted by molar-refractivity contribution is -0.136. The first kappa shape index (κ1) is 27.9. The molecule has 2 atom stereocenters. The molecule has 0 radical (unpaired) electrons. The molecule has 3 heterocycles. The molecule has 2 aliphatic heterocycles. The maximum atomic E-state index is 14.1. The number of aliphatic hydroxyl groups excluding tert-OH is 1. The number of nitrogens with zero attached hydrogens (tertiary/aromatic N) is 2. The molecule has 1 fully saturated rings. The Labute approximate surface area is 224 Å². The molecular formula is C29H30F3N3O4. The first-order valence-electron chi connectivity index (χ1n) is 12.8. The van der Waals surface area contributed by atoms with Gasteiger partial charge in [-0.1, -0.05) is 43.3 Å². The molecule has 2 amide bonds. The maximum absolute atomic E-state index is 14.1. The average molecular weight is 542 g/mol. The molecule has 0 saturated carbocycles. The van der Waals surface area contributed by atoms with Crippen LogP contribution in [0.4, 0.5) is 13.2 Å². The maximum Gasteiger partial charge on any atom is 0.418 e. The monoisotopic (exact) mass is 541 g/mol. The fraction of sp³-hybridized carbons (Fsp3) is 0.345. The van der Waals surface area contributed by atoms with Gasteiger partial charge in [-0.15, -0.1) is 0 Å². The van der Waals surface area contributed by atoms with E-state index < -0.39 is 47.3 Å². The van der Waals surface area contributed by atoms with Gasteiger partial charge in [0.05, 0.1) is 30.2 Å². The van der Waals surface area contributed by atoms with E-state index in [2.05, 4.69) is 10.3 Å². The van der Waals surface area contributed by atoms with Crippen molar-refractivity contribution in [3.05, 3.63) is 89.2 Å². The summed E-state index contributed by atoms with van der Waals surface area (Å²) in [6, 6.07) is 9.93. The van der Waals surface area contributed by atoms with Crippen molar-refractivity contribution in [2.45, 2.75) is 51.2 Å².